The Balaban J connectivity index is 2.79. The molecule has 164 valence electrons. The largest absolute Gasteiger partial charge is 0.465 e. The first kappa shape index (κ1) is 23.6. The molecule has 0 spiro atoms. The summed E-state index contributed by atoms with van der Waals surface area (Å²) in [5.74, 6) is -1.21. The number of carbonyl (C=O) groups excluding carboxylic acids is 3. The van der Waals surface area contributed by atoms with Gasteiger partial charge in [0.1, 0.15) is 11.3 Å². The number of aryl methyl sites for hydroxylation is 1. The van der Waals surface area contributed by atoms with Gasteiger partial charge in [0.05, 0.1) is 7.11 Å². The first-order chi connectivity index (χ1) is 14.3. The molecule has 1 atom stereocenters. The summed E-state index contributed by atoms with van der Waals surface area (Å²) >= 11 is 0. The first-order valence-corrected chi connectivity index (χ1v) is 10.6. The zero-order valence-electron chi connectivity index (χ0n) is 18.6. The number of methoxy groups -OCH3 is 1. The summed E-state index contributed by atoms with van der Waals surface area (Å²) in [5.41, 5.74) is 2.66. The molecule has 1 aliphatic rings. The molecule has 0 radical (unpaired) electrons. The summed E-state index contributed by atoms with van der Waals surface area (Å²) in [7, 11) is 1.31. The Morgan fingerprint density at radius 3 is 2.37 bits per heavy atom. The van der Waals surface area contributed by atoms with Gasteiger partial charge in [-0.05, 0) is 50.7 Å². The number of carbonyl (C=O) groups is 3. The third-order valence-corrected chi connectivity index (χ3v) is 5.24. The Kier molecular flexibility index (Phi) is 8.63. The summed E-state index contributed by atoms with van der Waals surface area (Å²) in [6.07, 6.45) is 8.28. The van der Waals surface area contributed by atoms with Gasteiger partial charge >= 0.3 is 17.9 Å². The van der Waals surface area contributed by atoms with E-state index in [9.17, 15) is 14.4 Å². The van der Waals surface area contributed by atoms with Gasteiger partial charge in [0.25, 0.3) is 0 Å². The lowest BCUT2D eigenvalue weighted by Crippen LogP contribution is -2.18. The number of rotatable bonds is 8. The van der Waals surface area contributed by atoms with Crippen LogP contribution in [0.5, 0.6) is 11.5 Å². The molecule has 0 unspecified atom stereocenters. The maximum atomic E-state index is 12.8. The summed E-state index contributed by atoms with van der Waals surface area (Å²) in [4.78, 5) is 36.6. The molecule has 0 saturated carbocycles. The van der Waals surface area contributed by atoms with Crippen LogP contribution < -0.4 is 9.47 Å². The van der Waals surface area contributed by atoms with Gasteiger partial charge < -0.3 is 14.2 Å². The van der Waals surface area contributed by atoms with E-state index in [0.717, 1.165) is 38.5 Å². The molecule has 6 nitrogen and oxygen atoms in total. The predicted molar refractivity (Wildman–Crippen MR) is 114 cm³/mol. The van der Waals surface area contributed by atoms with Crippen LogP contribution in [-0.2, 0) is 20.7 Å². The van der Waals surface area contributed by atoms with E-state index in [4.69, 9.17) is 14.2 Å². The van der Waals surface area contributed by atoms with Gasteiger partial charge in [0.15, 0.2) is 5.75 Å². The van der Waals surface area contributed by atoms with Gasteiger partial charge in [-0.3, -0.25) is 9.59 Å². The lowest BCUT2D eigenvalue weighted by Gasteiger charge is -2.26. The number of hydrogen-bond donors (Lipinski definition) is 0. The number of unbranched alkanes of at least 4 members (excludes halogenated alkanes) is 2. The fourth-order valence-electron chi connectivity index (χ4n) is 3.97. The van der Waals surface area contributed by atoms with E-state index in [0.29, 0.717) is 23.3 Å². The van der Waals surface area contributed by atoms with Crippen LogP contribution in [0.1, 0.15) is 93.6 Å². The number of hydrogen-bond acceptors (Lipinski definition) is 6. The molecule has 30 heavy (non-hydrogen) atoms. The normalized spacial score (nSPS) is 15.9. The standard InChI is InChI=1S/C24H32O6/c1-6-7-8-11-19-14-20(29-16(3)25)21(18-12-9-10-15(2)13-18)23(30-17(4)26)22(19)24(27)28-5/h13-14,18H,6-12H2,1-5H3/t18-/m1/s1. The molecule has 0 heterocycles. The smallest absolute Gasteiger partial charge is 0.341 e. The Hall–Kier alpha value is -2.63. The summed E-state index contributed by atoms with van der Waals surface area (Å²) in [5, 5.41) is 0. The summed E-state index contributed by atoms with van der Waals surface area (Å²) < 4.78 is 16.2. The van der Waals surface area contributed by atoms with E-state index < -0.39 is 17.9 Å². The quantitative estimate of drug-likeness (QED) is 0.249. The minimum atomic E-state index is -0.565. The van der Waals surface area contributed by atoms with Crippen molar-refractivity contribution < 1.29 is 28.6 Å². The molecule has 0 aliphatic heterocycles. The average molecular weight is 417 g/mol. The second-order valence-electron chi connectivity index (χ2n) is 7.80. The topological polar surface area (TPSA) is 78.9 Å². The van der Waals surface area contributed by atoms with Gasteiger partial charge in [0, 0.05) is 25.3 Å². The van der Waals surface area contributed by atoms with Gasteiger partial charge in [-0.2, -0.15) is 0 Å². The van der Waals surface area contributed by atoms with E-state index in [-0.39, 0.29) is 17.2 Å². The fraction of sp³-hybridized carbons (Fsp3) is 0.542. The summed E-state index contributed by atoms with van der Waals surface area (Å²) in [6.45, 7) is 6.77. The van der Waals surface area contributed by atoms with Crippen LogP contribution in [0.4, 0.5) is 0 Å². The van der Waals surface area contributed by atoms with Crippen molar-refractivity contribution >= 4 is 17.9 Å². The van der Waals surface area contributed by atoms with Crippen molar-refractivity contribution in [2.75, 3.05) is 7.11 Å². The molecule has 1 aromatic carbocycles. The lowest BCUT2D eigenvalue weighted by molar-refractivity contribution is -0.132. The first-order valence-electron chi connectivity index (χ1n) is 10.6. The van der Waals surface area contributed by atoms with Crippen LogP contribution in [0.15, 0.2) is 17.7 Å². The SMILES string of the molecule is CCCCCc1cc(OC(C)=O)c([C@H]2C=C(C)CCC2)c(OC(C)=O)c1C(=O)OC. The second-order valence-corrected chi connectivity index (χ2v) is 7.80. The lowest BCUT2D eigenvalue weighted by atomic mass is 9.83. The van der Waals surface area contributed by atoms with Crippen LogP contribution in [0.2, 0.25) is 0 Å². The molecule has 2 rings (SSSR count). The Labute approximate surface area is 178 Å². The van der Waals surface area contributed by atoms with Crippen molar-refractivity contribution in [3.8, 4) is 11.5 Å². The molecule has 0 saturated heterocycles. The van der Waals surface area contributed by atoms with Gasteiger partial charge in [0.2, 0.25) is 0 Å². The molecule has 0 amide bonds. The van der Waals surface area contributed by atoms with Crippen molar-refractivity contribution in [1.82, 2.24) is 0 Å². The highest BCUT2D eigenvalue weighted by Crippen LogP contribution is 2.45. The number of ether oxygens (including phenoxy) is 3. The molecular formula is C24H32O6. The molecule has 0 fully saturated rings. The van der Waals surface area contributed by atoms with Crippen LogP contribution in [0.3, 0.4) is 0 Å². The molecule has 6 heteroatoms. The zero-order chi connectivity index (χ0) is 22.3. The van der Waals surface area contributed by atoms with Gasteiger partial charge in [-0.15, -0.1) is 0 Å². The van der Waals surface area contributed by atoms with E-state index in [2.05, 4.69) is 13.0 Å². The Morgan fingerprint density at radius 1 is 1.10 bits per heavy atom. The minimum Gasteiger partial charge on any atom is -0.465 e. The minimum absolute atomic E-state index is 0.129. The Morgan fingerprint density at radius 2 is 1.80 bits per heavy atom. The van der Waals surface area contributed by atoms with Crippen molar-refractivity contribution in [1.29, 1.82) is 0 Å². The van der Waals surface area contributed by atoms with E-state index in [1.165, 1.54) is 26.5 Å². The zero-order valence-corrected chi connectivity index (χ0v) is 18.6. The van der Waals surface area contributed by atoms with E-state index >= 15 is 0 Å². The van der Waals surface area contributed by atoms with E-state index in [1.807, 2.05) is 6.92 Å². The molecule has 0 aromatic heterocycles. The highest BCUT2D eigenvalue weighted by molar-refractivity contribution is 5.96. The number of esters is 3. The molecular weight excluding hydrogens is 384 g/mol. The number of benzene rings is 1. The van der Waals surface area contributed by atoms with Crippen molar-refractivity contribution in [3.05, 3.63) is 34.4 Å². The third-order valence-electron chi connectivity index (χ3n) is 5.24. The van der Waals surface area contributed by atoms with Crippen LogP contribution in [0, 0.1) is 0 Å². The van der Waals surface area contributed by atoms with Crippen molar-refractivity contribution in [2.24, 2.45) is 0 Å². The van der Waals surface area contributed by atoms with E-state index in [1.54, 1.807) is 6.07 Å². The number of allylic oxidation sites excluding steroid dienone is 2. The third kappa shape index (κ3) is 5.94. The maximum Gasteiger partial charge on any atom is 0.341 e. The van der Waals surface area contributed by atoms with Crippen LogP contribution >= 0.6 is 0 Å². The molecule has 1 aromatic rings. The van der Waals surface area contributed by atoms with Crippen molar-refractivity contribution in [3.63, 3.8) is 0 Å². The molecule has 0 N–H and O–H groups in total. The van der Waals surface area contributed by atoms with Crippen LogP contribution in [0.25, 0.3) is 0 Å². The highest BCUT2D eigenvalue weighted by Gasteiger charge is 2.31. The van der Waals surface area contributed by atoms with Crippen molar-refractivity contribution in [2.45, 2.75) is 78.6 Å². The molecule has 1 aliphatic carbocycles. The van der Waals surface area contributed by atoms with Gasteiger partial charge in [-0.1, -0.05) is 31.4 Å². The monoisotopic (exact) mass is 416 g/mol. The molecule has 0 bridgehead atoms. The van der Waals surface area contributed by atoms with Crippen LogP contribution in [-0.4, -0.2) is 25.0 Å². The van der Waals surface area contributed by atoms with Gasteiger partial charge in [-0.25, -0.2) is 4.79 Å². The highest BCUT2D eigenvalue weighted by atomic mass is 16.6. The fourth-order valence-corrected chi connectivity index (χ4v) is 3.97. The predicted octanol–water partition coefficient (Wildman–Crippen LogP) is 5.27. The maximum absolute atomic E-state index is 12.8. The second kappa shape index (κ2) is 11.0. The summed E-state index contributed by atoms with van der Waals surface area (Å²) in [6, 6.07) is 1.74. The Bertz CT molecular complexity index is 837. The average Bonchev–Trinajstić information content (AvgIpc) is 2.67.